The van der Waals surface area contributed by atoms with Gasteiger partial charge in [-0.05, 0) is 47.0 Å². The lowest BCUT2D eigenvalue weighted by molar-refractivity contribution is 0.0314. The van der Waals surface area contributed by atoms with E-state index in [0.29, 0.717) is 28.6 Å². The first-order chi connectivity index (χ1) is 8.41. The molecule has 0 aliphatic carbocycles. The van der Waals surface area contributed by atoms with Crippen LogP contribution in [0.1, 0.15) is 37.0 Å². The Hall–Kier alpha value is -1.07. The van der Waals surface area contributed by atoms with E-state index in [1.54, 1.807) is 18.2 Å². The van der Waals surface area contributed by atoms with Gasteiger partial charge in [-0.15, -0.1) is 0 Å². The second-order valence-corrected chi connectivity index (χ2v) is 5.20. The van der Waals surface area contributed by atoms with E-state index >= 15 is 0 Å². The van der Waals surface area contributed by atoms with Gasteiger partial charge in [0.15, 0.2) is 0 Å². The first-order valence-electron chi connectivity index (χ1n) is 5.97. The summed E-state index contributed by atoms with van der Waals surface area (Å²) < 4.78 is 0.691. The number of nitrogens with two attached hydrogens (primary N) is 1. The maximum Gasteiger partial charge on any atom is 0.251 e. The van der Waals surface area contributed by atoms with E-state index in [4.69, 9.17) is 5.73 Å². The highest BCUT2D eigenvalue weighted by molar-refractivity contribution is 9.10. The first-order valence-corrected chi connectivity index (χ1v) is 6.76. The summed E-state index contributed by atoms with van der Waals surface area (Å²) in [4.78, 5) is 11.9. The third kappa shape index (κ3) is 3.71. The summed E-state index contributed by atoms with van der Waals surface area (Å²) in [6, 6.07) is 5.00. The quantitative estimate of drug-likeness (QED) is 0.730. The fourth-order valence-corrected chi connectivity index (χ4v) is 1.89. The minimum Gasteiger partial charge on any atom is -0.398 e. The Morgan fingerprint density at radius 1 is 1.44 bits per heavy atom. The van der Waals surface area contributed by atoms with Crippen molar-refractivity contribution in [1.29, 1.82) is 0 Å². The third-order valence-corrected chi connectivity index (χ3v) is 3.84. The minimum absolute atomic E-state index is 0.212. The number of amides is 1. The number of benzene rings is 1. The van der Waals surface area contributed by atoms with Crippen LogP contribution in [0.2, 0.25) is 0 Å². The predicted molar refractivity (Wildman–Crippen MR) is 76.4 cm³/mol. The lowest BCUT2D eigenvalue weighted by atomic mass is 9.97. The summed E-state index contributed by atoms with van der Waals surface area (Å²) in [5.74, 6) is -0.212. The molecule has 4 nitrogen and oxygen atoms in total. The van der Waals surface area contributed by atoms with Crippen LogP contribution in [0.15, 0.2) is 22.7 Å². The highest BCUT2D eigenvalue weighted by atomic mass is 79.9. The van der Waals surface area contributed by atoms with Gasteiger partial charge >= 0.3 is 0 Å². The van der Waals surface area contributed by atoms with Crippen LogP contribution in [0.4, 0.5) is 5.69 Å². The number of nitrogens with one attached hydrogen (secondary N) is 1. The summed E-state index contributed by atoms with van der Waals surface area (Å²) in [5, 5.41) is 12.8. The van der Waals surface area contributed by atoms with Gasteiger partial charge in [0.1, 0.15) is 0 Å². The molecule has 0 spiro atoms. The van der Waals surface area contributed by atoms with Crippen LogP contribution in [0.5, 0.6) is 0 Å². The highest BCUT2D eigenvalue weighted by Gasteiger charge is 2.23. The zero-order valence-corrected chi connectivity index (χ0v) is 12.3. The molecule has 0 aliphatic rings. The predicted octanol–water partition coefficient (Wildman–Crippen LogP) is 2.31. The molecule has 0 heterocycles. The molecule has 1 rings (SSSR count). The van der Waals surface area contributed by atoms with Gasteiger partial charge in [0, 0.05) is 22.3 Å². The number of hydrogen-bond acceptors (Lipinski definition) is 3. The van der Waals surface area contributed by atoms with Gasteiger partial charge in [0.05, 0.1) is 5.60 Å². The maximum atomic E-state index is 11.9. The Labute approximate surface area is 116 Å². The molecule has 4 N–H and O–H groups in total. The van der Waals surface area contributed by atoms with E-state index in [2.05, 4.69) is 21.2 Å². The molecule has 0 saturated heterocycles. The van der Waals surface area contributed by atoms with Gasteiger partial charge in [-0.3, -0.25) is 4.79 Å². The van der Waals surface area contributed by atoms with Crippen molar-refractivity contribution in [1.82, 2.24) is 5.32 Å². The normalized spacial score (nSPS) is 11.3. The molecule has 0 bridgehead atoms. The molecule has 0 aromatic heterocycles. The van der Waals surface area contributed by atoms with Crippen molar-refractivity contribution in [2.24, 2.45) is 0 Å². The molecule has 1 aromatic rings. The number of aliphatic hydroxyl groups is 1. The molecule has 18 heavy (non-hydrogen) atoms. The average molecular weight is 315 g/mol. The second-order valence-electron chi connectivity index (χ2n) is 4.35. The summed E-state index contributed by atoms with van der Waals surface area (Å²) in [6.07, 6.45) is 1.21. The fourth-order valence-electron chi connectivity index (χ4n) is 1.52. The van der Waals surface area contributed by atoms with E-state index in [-0.39, 0.29) is 12.5 Å². The Kier molecular flexibility index (Phi) is 5.16. The molecule has 0 atom stereocenters. The molecule has 100 valence electrons. The van der Waals surface area contributed by atoms with Crippen LogP contribution in [0.3, 0.4) is 0 Å². The van der Waals surface area contributed by atoms with Crippen molar-refractivity contribution in [3.05, 3.63) is 28.2 Å². The topological polar surface area (TPSA) is 75.3 Å². The van der Waals surface area contributed by atoms with Crippen molar-refractivity contribution < 1.29 is 9.90 Å². The zero-order chi connectivity index (χ0) is 13.8. The molecular formula is C13H19BrN2O2. The number of hydrogen-bond donors (Lipinski definition) is 3. The monoisotopic (exact) mass is 314 g/mol. The standard InChI is InChI=1S/C13H19BrN2O2/c1-3-13(18,4-2)8-16-12(17)9-5-6-11(15)10(14)7-9/h5-7,18H,3-4,8,15H2,1-2H3,(H,16,17). The van der Waals surface area contributed by atoms with Gasteiger partial charge < -0.3 is 16.2 Å². The second kappa shape index (κ2) is 6.20. The van der Waals surface area contributed by atoms with Gasteiger partial charge in [0.25, 0.3) is 5.91 Å². The van der Waals surface area contributed by atoms with E-state index in [0.717, 1.165) is 0 Å². The SMILES string of the molecule is CCC(O)(CC)CNC(=O)c1ccc(N)c(Br)c1. The number of anilines is 1. The highest BCUT2D eigenvalue weighted by Crippen LogP contribution is 2.20. The number of nitrogen functional groups attached to an aromatic ring is 1. The smallest absolute Gasteiger partial charge is 0.251 e. The number of carbonyl (C=O) groups excluding carboxylic acids is 1. The van der Waals surface area contributed by atoms with Gasteiger partial charge in [0.2, 0.25) is 0 Å². The van der Waals surface area contributed by atoms with E-state index in [1.165, 1.54) is 0 Å². The first kappa shape index (κ1) is 15.0. The van der Waals surface area contributed by atoms with Crippen molar-refractivity contribution in [3.8, 4) is 0 Å². The molecule has 0 saturated carbocycles. The van der Waals surface area contributed by atoms with Crippen LogP contribution in [0.25, 0.3) is 0 Å². The molecule has 5 heteroatoms. The Morgan fingerprint density at radius 3 is 2.56 bits per heavy atom. The van der Waals surface area contributed by atoms with Crippen LogP contribution < -0.4 is 11.1 Å². The Morgan fingerprint density at radius 2 is 2.06 bits per heavy atom. The largest absolute Gasteiger partial charge is 0.398 e. The summed E-state index contributed by atoms with van der Waals surface area (Å²) in [5.41, 5.74) is 5.93. The number of carbonyl (C=O) groups is 1. The van der Waals surface area contributed by atoms with Crippen LogP contribution >= 0.6 is 15.9 Å². The van der Waals surface area contributed by atoms with Crippen molar-refractivity contribution in [2.45, 2.75) is 32.3 Å². The molecule has 0 aliphatic heterocycles. The van der Waals surface area contributed by atoms with Gasteiger partial charge in [-0.1, -0.05) is 13.8 Å². The lowest BCUT2D eigenvalue weighted by Gasteiger charge is -2.25. The fraction of sp³-hybridized carbons (Fsp3) is 0.462. The molecule has 1 aromatic carbocycles. The molecule has 0 fully saturated rings. The van der Waals surface area contributed by atoms with Crippen LogP contribution in [0, 0.1) is 0 Å². The molecule has 1 amide bonds. The Bertz CT molecular complexity index is 431. The molecule has 0 radical (unpaired) electrons. The van der Waals surface area contributed by atoms with E-state index in [9.17, 15) is 9.90 Å². The Balaban J connectivity index is 2.68. The summed E-state index contributed by atoms with van der Waals surface area (Å²) >= 11 is 3.28. The summed E-state index contributed by atoms with van der Waals surface area (Å²) in [6.45, 7) is 4.05. The van der Waals surface area contributed by atoms with E-state index in [1.807, 2.05) is 13.8 Å². The third-order valence-electron chi connectivity index (χ3n) is 3.16. The zero-order valence-electron chi connectivity index (χ0n) is 10.7. The summed E-state index contributed by atoms with van der Waals surface area (Å²) in [7, 11) is 0. The lowest BCUT2D eigenvalue weighted by Crippen LogP contribution is -2.42. The number of halogens is 1. The van der Waals surface area contributed by atoms with Gasteiger partial charge in [-0.2, -0.15) is 0 Å². The minimum atomic E-state index is -0.833. The molecular weight excluding hydrogens is 296 g/mol. The van der Waals surface area contributed by atoms with Crippen molar-refractivity contribution >= 4 is 27.5 Å². The average Bonchev–Trinajstić information content (AvgIpc) is 2.38. The maximum absolute atomic E-state index is 11.9. The molecule has 0 unspecified atom stereocenters. The van der Waals surface area contributed by atoms with Gasteiger partial charge in [-0.25, -0.2) is 0 Å². The van der Waals surface area contributed by atoms with Crippen molar-refractivity contribution in [2.75, 3.05) is 12.3 Å². The van der Waals surface area contributed by atoms with Crippen molar-refractivity contribution in [3.63, 3.8) is 0 Å². The number of rotatable bonds is 5. The van der Waals surface area contributed by atoms with E-state index < -0.39 is 5.60 Å². The van der Waals surface area contributed by atoms with Crippen LogP contribution in [-0.4, -0.2) is 23.2 Å². The van der Waals surface area contributed by atoms with Crippen LogP contribution in [-0.2, 0) is 0 Å².